The molecular weight excluding hydrogens is 404 g/mol. The zero-order valence-corrected chi connectivity index (χ0v) is 17.8. The van der Waals surface area contributed by atoms with Crippen LogP contribution in [0.3, 0.4) is 0 Å². The molecule has 0 aliphatic carbocycles. The second kappa shape index (κ2) is 10.8. The minimum Gasteiger partial charge on any atom is -0.463 e. The standard InChI is InChI=1S/C18H28N2O10/c1-7-27-15(25)17(5,11(21)9(3)19)29-13(23)14(24)30-18(6,12(22)10(4)20)16(26)28-8-2/h9-10H,7-8,19-20H2,1-6H3/t9-,10-,17?,18?/m0/s1. The minimum absolute atomic E-state index is 0.160. The highest BCUT2D eigenvalue weighted by atomic mass is 16.7. The van der Waals surface area contributed by atoms with E-state index in [1.807, 2.05) is 0 Å². The van der Waals surface area contributed by atoms with E-state index in [-0.39, 0.29) is 13.2 Å². The molecule has 0 aromatic heterocycles. The van der Waals surface area contributed by atoms with Crippen molar-refractivity contribution in [3.63, 3.8) is 0 Å². The molecule has 0 fully saturated rings. The van der Waals surface area contributed by atoms with Crippen LogP contribution in [0.25, 0.3) is 0 Å². The molecule has 12 nitrogen and oxygen atoms in total. The highest BCUT2D eigenvalue weighted by molar-refractivity contribution is 6.32. The first kappa shape index (κ1) is 27.1. The van der Waals surface area contributed by atoms with Gasteiger partial charge in [-0.1, -0.05) is 0 Å². The molecule has 0 radical (unpaired) electrons. The summed E-state index contributed by atoms with van der Waals surface area (Å²) in [6.07, 6.45) is 0. The second-order valence-electron chi connectivity index (χ2n) is 6.59. The maximum atomic E-state index is 12.3. The van der Waals surface area contributed by atoms with Gasteiger partial charge in [0.1, 0.15) is 0 Å². The lowest BCUT2D eigenvalue weighted by Gasteiger charge is -2.29. The van der Waals surface area contributed by atoms with Gasteiger partial charge in [0.05, 0.1) is 25.3 Å². The van der Waals surface area contributed by atoms with Gasteiger partial charge in [0.2, 0.25) is 11.6 Å². The number of carbonyl (C=O) groups excluding carboxylic acids is 6. The van der Waals surface area contributed by atoms with Gasteiger partial charge in [-0.05, 0) is 41.5 Å². The van der Waals surface area contributed by atoms with E-state index < -0.39 is 58.7 Å². The summed E-state index contributed by atoms with van der Waals surface area (Å²) in [5.74, 6) is -8.33. The number of rotatable bonds is 10. The van der Waals surface area contributed by atoms with Gasteiger partial charge in [0.25, 0.3) is 11.2 Å². The Morgan fingerprint density at radius 2 is 0.967 bits per heavy atom. The maximum Gasteiger partial charge on any atom is 0.419 e. The van der Waals surface area contributed by atoms with E-state index in [1.54, 1.807) is 0 Å². The Bertz CT molecular complexity index is 658. The largest absolute Gasteiger partial charge is 0.463 e. The van der Waals surface area contributed by atoms with Crippen LogP contribution in [0.4, 0.5) is 0 Å². The van der Waals surface area contributed by atoms with Crippen molar-refractivity contribution in [1.29, 1.82) is 0 Å². The molecule has 4 atom stereocenters. The van der Waals surface area contributed by atoms with Crippen LogP contribution in [0, 0.1) is 0 Å². The first-order valence-corrected chi connectivity index (χ1v) is 9.09. The van der Waals surface area contributed by atoms with E-state index in [4.69, 9.17) is 30.4 Å². The number of hydrogen-bond donors (Lipinski definition) is 2. The van der Waals surface area contributed by atoms with Crippen molar-refractivity contribution in [2.75, 3.05) is 13.2 Å². The lowest BCUT2D eigenvalue weighted by molar-refractivity contribution is -0.198. The molecule has 4 N–H and O–H groups in total. The number of Topliss-reactive ketones (excluding diaryl/α,β-unsaturated/α-hetero) is 2. The molecule has 0 aromatic rings. The first-order chi connectivity index (χ1) is 13.7. The molecule has 170 valence electrons. The van der Waals surface area contributed by atoms with Crippen LogP contribution in [0.5, 0.6) is 0 Å². The van der Waals surface area contributed by atoms with Crippen LogP contribution < -0.4 is 11.5 Å². The fourth-order valence-electron chi connectivity index (χ4n) is 2.25. The summed E-state index contributed by atoms with van der Waals surface area (Å²) in [7, 11) is 0. The predicted molar refractivity (Wildman–Crippen MR) is 99.6 cm³/mol. The van der Waals surface area contributed by atoms with Gasteiger partial charge in [-0.2, -0.15) is 0 Å². The molecular formula is C18H28N2O10. The first-order valence-electron chi connectivity index (χ1n) is 9.09. The molecule has 0 rings (SSSR count). The lowest BCUT2D eigenvalue weighted by atomic mass is 9.95. The quantitative estimate of drug-likeness (QED) is 0.177. The Kier molecular flexibility index (Phi) is 9.76. The zero-order chi connectivity index (χ0) is 23.9. The molecule has 0 saturated heterocycles. The maximum absolute atomic E-state index is 12.3. The molecule has 0 bridgehead atoms. The van der Waals surface area contributed by atoms with Crippen LogP contribution in [-0.2, 0) is 47.7 Å². The Balaban J connectivity index is 5.84. The number of esters is 4. The molecule has 0 aromatic carbocycles. The van der Waals surface area contributed by atoms with Gasteiger partial charge in [-0.3, -0.25) is 9.59 Å². The Morgan fingerprint density at radius 3 is 1.17 bits per heavy atom. The van der Waals surface area contributed by atoms with E-state index in [0.29, 0.717) is 0 Å². The van der Waals surface area contributed by atoms with Crippen molar-refractivity contribution in [2.45, 2.75) is 64.8 Å². The molecule has 0 aliphatic rings. The number of ether oxygens (including phenoxy) is 4. The predicted octanol–water partition coefficient (Wildman–Crippen LogP) is -1.45. The Labute approximate surface area is 173 Å². The van der Waals surface area contributed by atoms with Gasteiger partial charge < -0.3 is 30.4 Å². The van der Waals surface area contributed by atoms with Gasteiger partial charge >= 0.3 is 23.9 Å². The lowest BCUT2D eigenvalue weighted by Crippen LogP contribution is -2.57. The monoisotopic (exact) mass is 432 g/mol. The average Bonchev–Trinajstić information content (AvgIpc) is 2.66. The Hall–Kier alpha value is -2.86. The summed E-state index contributed by atoms with van der Waals surface area (Å²) in [5.41, 5.74) is 5.81. The van der Waals surface area contributed by atoms with E-state index >= 15 is 0 Å². The van der Waals surface area contributed by atoms with Crippen molar-refractivity contribution in [3.05, 3.63) is 0 Å². The van der Waals surface area contributed by atoms with Crippen molar-refractivity contribution in [3.8, 4) is 0 Å². The second-order valence-corrected chi connectivity index (χ2v) is 6.59. The number of nitrogens with two attached hydrogens (primary N) is 2. The highest BCUT2D eigenvalue weighted by Crippen LogP contribution is 2.20. The smallest absolute Gasteiger partial charge is 0.419 e. The summed E-state index contributed by atoms with van der Waals surface area (Å²) in [6, 6.07) is -2.51. The third-order valence-electron chi connectivity index (χ3n) is 3.86. The summed E-state index contributed by atoms with van der Waals surface area (Å²) < 4.78 is 18.9. The van der Waals surface area contributed by atoms with E-state index in [9.17, 15) is 28.8 Å². The summed E-state index contributed by atoms with van der Waals surface area (Å²) >= 11 is 0. The minimum atomic E-state index is -2.56. The van der Waals surface area contributed by atoms with Crippen LogP contribution >= 0.6 is 0 Å². The van der Waals surface area contributed by atoms with E-state index in [0.717, 1.165) is 13.8 Å². The number of ketones is 2. The number of carbonyl (C=O) groups is 6. The fourth-order valence-corrected chi connectivity index (χ4v) is 2.25. The van der Waals surface area contributed by atoms with Crippen molar-refractivity contribution < 1.29 is 47.7 Å². The van der Waals surface area contributed by atoms with Crippen molar-refractivity contribution in [2.24, 2.45) is 11.5 Å². The molecule has 0 heterocycles. The van der Waals surface area contributed by atoms with E-state index in [2.05, 4.69) is 0 Å². The molecule has 12 heteroatoms. The van der Waals surface area contributed by atoms with Crippen LogP contribution in [0.1, 0.15) is 41.5 Å². The fraction of sp³-hybridized carbons (Fsp3) is 0.667. The SMILES string of the molecule is CCOC(=O)C(C)(OC(=O)C(=O)OC(C)(C(=O)OCC)C(=O)[C@H](C)N)C(=O)[C@H](C)N. The van der Waals surface area contributed by atoms with Crippen LogP contribution in [0.15, 0.2) is 0 Å². The van der Waals surface area contributed by atoms with Crippen LogP contribution in [0.2, 0.25) is 0 Å². The molecule has 0 saturated carbocycles. The highest BCUT2D eigenvalue weighted by Gasteiger charge is 2.52. The van der Waals surface area contributed by atoms with Gasteiger partial charge in [-0.15, -0.1) is 0 Å². The molecule has 0 spiro atoms. The topological polar surface area (TPSA) is 191 Å². The molecule has 2 unspecified atom stereocenters. The van der Waals surface area contributed by atoms with Gasteiger partial charge in [-0.25, -0.2) is 19.2 Å². The average molecular weight is 432 g/mol. The third kappa shape index (κ3) is 6.07. The molecule has 0 amide bonds. The third-order valence-corrected chi connectivity index (χ3v) is 3.86. The van der Waals surface area contributed by atoms with E-state index in [1.165, 1.54) is 27.7 Å². The summed E-state index contributed by atoms with van der Waals surface area (Å²) in [6.45, 7) is 6.79. The zero-order valence-electron chi connectivity index (χ0n) is 17.8. The normalized spacial score (nSPS) is 16.7. The Morgan fingerprint density at radius 1 is 0.700 bits per heavy atom. The summed E-state index contributed by atoms with van der Waals surface area (Å²) in [5, 5.41) is 0. The molecule has 30 heavy (non-hydrogen) atoms. The van der Waals surface area contributed by atoms with Crippen LogP contribution in [-0.4, -0.2) is 71.9 Å². The molecule has 0 aliphatic heterocycles. The van der Waals surface area contributed by atoms with Crippen molar-refractivity contribution in [1.82, 2.24) is 0 Å². The number of hydrogen-bond acceptors (Lipinski definition) is 12. The van der Waals surface area contributed by atoms with Gasteiger partial charge in [0, 0.05) is 0 Å². The van der Waals surface area contributed by atoms with Crippen molar-refractivity contribution >= 4 is 35.4 Å². The van der Waals surface area contributed by atoms with Gasteiger partial charge in [0.15, 0.2) is 0 Å². The summed E-state index contributed by atoms with van der Waals surface area (Å²) in [4.78, 5) is 73.5.